The number of hydrogen-bond donors (Lipinski definition) is 1. The predicted molar refractivity (Wildman–Crippen MR) is 97.4 cm³/mol. The van der Waals surface area contributed by atoms with Gasteiger partial charge in [0, 0.05) is 30.0 Å². The highest BCUT2D eigenvalue weighted by Gasteiger charge is 2.06. The third-order valence-corrected chi connectivity index (χ3v) is 3.86. The zero-order chi connectivity index (χ0) is 16.1. The summed E-state index contributed by atoms with van der Waals surface area (Å²) in [6.45, 7) is 4.99. The van der Waals surface area contributed by atoms with E-state index in [2.05, 4.69) is 17.2 Å². The number of anilines is 2. The van der Waals surface area contributed by atoms with Gasteiger partial charge in [0.05, 0.1) is 17.0 Å². The quantitative estimate of drug-likeness (QED) is 0.564. The van der Waals surface area contributed by atoms with Gasteiger partial charge in [-0.05, 0) is 55.8 Å². The van der Waals surface area contributed by atoms with Gasteiger partial charge >= 0.3 is 0 Å². The van der Waals surface area contributed by atoms with Gasteiger partial charge in [-0.25, -0.2) is 4.99 Å². The Labute approximate surface area is 141 Å². The van der Waals surface area contributed by atoms with Gasteiger partial charge in [0.1, 0.15) is 0 Å². The molecule has 0 fully saturated rings. The van der Waals surface area contributed by atoms with E-state index in [1.54, 1.807) is 6.34 Å². The first-order valence-electron chi connectivity index (χ1n) is 7.06. The first-order valence-corrected chi connectivity index (χ1v) is 7.82. The minimum Gasteiger partial charge on any atom is -0.366 e. The minimum atomic E-state index is 0.614. The maximum atomic E-state index is 6.33. The van der Waals surface area contributed by atoms with Crippen molar-refractivity contribution in [2.75, 3.05) is 18.9 Å². The second-order valence-electron chi connectivity index (χ2n) is 5.07. The molecule has 116 valence electrons. The molecule has 2 rings (SSSR count). The molecule has 0 radical (unpaired) electrons. The lowest BCUT2D eigenvalue weighted by Crippen LogP contribution is -2.14. The van der Waals surface area contributed by atoms with E-state index in [1.165, 1.54) is 0 Å². The Morgan fingerprint density at radius 3 is 2.50 bits per heavy atom. The largest absolute Gasteiger partial charge is 0.366 e. The van der Waals surface area contributed by atoms with Crippen molar-refractivity contribution in [3.8, 4) is 0 Å². The highest BCUT2D eigenvalue weighted by atomic mass is 35.5. The topological polar surface area (TPSA) is 27.6 Å². The van der Waals surface area contributed by atoms with Gasteiger partial charge < -0.3 is 10.2 Å². The average Bonchev–Trinajstić information content (AvgIpc) is 2.51. The standard InChI is InChI=1S/C17H19Cl2N3/c1-4-22(3)11-20-17-9-12(2)16(10-15(17)19)21-14-7-5-13(18)6-8-14/h5-11,21H,4H2,1-3H3. The molecule has 0 aliphatic rings. The van der Waals surface area contributed by atoms with Crippen LogP contribution in [0.2, 0.25) is 10.0 Å². The van der Waals surface area contributed by atoms with Crippen LogP contribution in [-0.4, -0.2) is 24.8 Å². The number of aryl methyl sites for hydroxylation is 1. The van der Waals surface area contributed by atoms with Gasteiger partial charge in [-0.1, -0.05) is 23.2 Å². The van der Waals surface area contributed by atoms with Crippen LogP contribution in [0.1, 0.15) is 12.5 Å². The fraction of sp³-hybridized carbons (Fsp3) is 0.235. The number of nitrogens with zero attached hydrogens (tertiary/aromatic N) is 2. The second kappa shape index (κ2) is 7.52. The smallest absolute Gasteiger partial charge is 0.0910 e. The van der Waals surface area contributed by atoms with Crippen LogP contribution < -0.4 is 5.32 Å². The molecule has 0 heterocycles. The summed E-state index contributed by atoms with van der Waals surface area (Å²) < 4.78 is 0. The molecule has 0 aromatic heterocycles. The number of benzene rings is 2. The number of hydrogen-bond acceptors (Lipinski definition) is 2. The summed E-state index contributed by atoms with van der Waals surface area (Å²) in [6, 6.07) is 11.4. The monoisotopic (exact) mass is 335 g/mol. The number of rotatable bonds is 5. The summed E-state index contributed by atoms with van der Waals surface area (Å²) in [5.41, 5.74) is 3.76. The minimum absolute atomic E-state index is 0.614. The molecule has 1 N–H and O–H groups in total. The van der Waals surface area contributed by atoms with Crippen molar-refractivity contribution in [3.63, 3.8) is 0 Å². The summed E-state index contributed by atoms with van der Waals surface area (Å²) in [5.74, 6) is 0. The molecule has 0 saturated heterocycles. The molecule has 0 aliphatic carbocycles. The summed E-state index contributed by atoms with van der Waals surface area (Å²) in [7, 11) is 1.97. The highest BCUT2D eigenvalue weighted by Crippen LogP contribution is 2.32. The SMILES string of the molecule is CCN(C)C=Nc1cc(C)c(Nc2ccc(Cl)cc2)cc1Cl. The van der Waals surface area contributed by atoms with Gasteiger partial charge in [-0.2, -0.15) is 0 Å². The van der Waals surface area contributed by atoms with Crippen molar-refractivity contribution >= 4 is 46.6 Å². The van der Waals surface area contributed by atoms with E-state index in [-0.39, 0.29) is 0 Å². The molecule has 2 aromatic carbocycles. The van der Waals surface area contributed by atoms with E-state index < -0.39 is 0 Å². The van der Waals surface area contributed by atoms with E-state index in [1.807, 2.05) is 55.3 Å². The van der Waals surface area contributed by atoms with Crippen LogP contribution in [0.5, 0.6) is 0 Å². The molecule has 0 saturated carbocycles. The Kier molecular flexibility index (Phi) is 5.69. The fourth-order valence-electron chi connectivity index (χ4n) is 1.83. The fourth-order valence-corrected chi connectivity index (χ4v) is 2.17. The van der Waals surface area contributed by atoms with Crippen LogP contribution in [0.3, 0.4) is 0 Å². The lowest BCUT2D eigenvalue weighted by molar-refractivity contribution is 0.552. The van der Waals surface area contributed by atoms with Gasteiger partial charge in [0.2, 0.25) is 0 Å². The summed E-state index contributed by atoms with van der Waals surface area (Å²) in [4.78, 5) is 6.41. The molecule has 0 unspecified atom stereocenters. The zero-order valence-corrected chi connectivity index (χ0v) is 14.4. The Morgan fingerprint density at radius 1 is 1.18 bits per heavy atom. The summed E-state index contributed by atoms with van der Waals surface area (Å²) in [5, 5.41) is 4.66. The number of nitrogens with one attached hydrogen (secondary N) is 1. The maximum Gasteiger partial charge on any atom is 0.0910 e. The van der Waals surface area contributed by atoms with Crippen LogP contribution in [0.4, 0.5) is 17.1 Å². The summed E-state index contributed by atoms with van der Waals surface area (Å²) in [6.07, 6.45) is 1.78. The van der Waals surface area contributed by atoms with E-state index in [4.69, 9.17) is 23.2 Å². The van der Waals surface area contributed by atoms with Crippen molar-refractivity contribution in [1.82, 2.24) is 4.90 Å². The Bertz CT molecular complexity index is 666. The second-order valence-corrected chi connectivity index (χ2v) is 5.91. The van der Waals surface area contributed by atoms with E-state index in [0.29, 0.717) is 10.0 Å². The first-order chi connectivity index (χ1) is 10.5. The third kappa shape index (κ3) is 4.39. The molecule has 0 atom stereocenters. The van der Waals surface area contributed by atoms with Crippen molar-refractivity contribution in [2.24, 2.45) is 4.99 Å². The van der Waals surface area contributed by atoms with Crippen LogP contribution >= 0.6 is 23.2 Å². The normalized spacial score (nSPS) is 11.0. The van der Waals surface area contributed by atoms with Gasteiger partial charge in [-0.3, -0.25) is 0 Å². The molecule has 0 bridgehead atoms. The molecule has 3 nitrogen and oxygen atoms in total. The van der Waals surface area contributed by atoms with Crippen molar-refractivity contribution in [1.29, 1.82) is 0 Å². The lowest BCUT2D eigenvalue weighted by Gasteiger charge is -2.13. The highest BCUT2D eigenvalue weighted by molar-refractivity contribution is 6.33. The van der Waals surface area contributed by atoms with E-state index in [9.17, 15) is 0 Å². The van der Waals surface area contributed by atoms with Crippen LogP contribution in [0.25, 0.3) is 0 Å². The van der Waals surface area contributed by atoms with E-state index in [0.717, 1.165) is 29.2 Å². The lowest BCUT2D eigenvalue weighted by atomic mass is 10.1. The molecule has 5 heteroatoms. The average molecular weight is 336 g/mol. The molecule has 2 aromatic rings. The van der Waals surface area contributed by atoms with Gasteiger partial charge in [-0.15, -0.1) is 0 Å². The molecular formula is C17H19Cl2N3. The Morgan fingerprint density at radius 2 is 1.86 bits per heavy atom. The third-order valence-electron chi connectivity index (χ3n) is 3.31. The molecule has 22 heavy (non-hydrogen) atoms. The van der Waals surface area contributed by atoms with Crippen molar-refractivity contribution in [2.45, 2.75) is 13.8 Å². The van der Waals surface area contributed by atoms with Crippen LogP contribution in [0, 0.1) is 6.92 Å². The molecule has 0 amide bonds. The van der Waals surface area contributed by atoms with Crippen LogP contribution in [-0.2, 0) is 0 Å². The summed E-state index contributed by atoms with van der Waals surface area (Å²) >= 11 is 12.2. The zero-order valence-electron chi connectivity index (χ0n) is 12.9. The molecular weight excluding hydrogens is 317 g/mol. The Balaban J connectivity index is 2.22. The molecule has 0 spiro atoms. The van der Waals surface area contributed by atoms with Crippen molar-refractivity contribution < 1.29 is 0 Å². The van der Waals surface area contributed by atoms with Crippen molar-refractivity contribution in [3.05, 3.63) is 52.0 Å². The van der Waals surface area contributed by atoms with Crippen LogP contribution in [0.15, 0.2) is 41.4 Å². The predicted octanol–water partition coefficient (Wildman–Crippen LogP) is 5.66. The Hall–Kier alpha value is -1.71. The molecule has 0 aliphatic heterocycles. The van der Waals surface area contributed by atoms with E-state index >= 15 is 0 Å². The number of halogens is 2. The number of aliphatic imine (C=N–C) groups is 1. The van der Waals surface area contributed by atoms with Gasteiger partial charge in [0.15, 0.2) is 0 Å². The maximum absolute atomic E-state index is 6.33. The van der Waals surface area contributed by atoms with Gasteiger partial charge in [0.25, 0.3) is 0 Å². The first kappa shape index (κ1) is 16.7.